The van der Waals surface area contributed by atoms with Crippen molar-refractivity contribution < 1.29 is 9.53 Å². The number of amides is 1. The van der Waals surface area contributed by atoms with Crippen molar-refractivity contribution in [1.82, 2.24) is 4.90 Å². The Morgan fingerprint density at radius 3 is 2.70 bits per heavy atom. The second-order valence-corrected chi connectivity index (χ2v) is 5.00. The summed E-state index contributed by atoms with van der Waals surface area (Å²) in [7, 11) is 1.62. The summed E-state index contributed by atoms with van der Waals surface area (Å²) < 4.78 is 5.09. The van der Waals surface area contributed by atoms with E-state index in [1.54, 1.807) is 30.2 Å². The normalized spacial score (nSPS) is 14.1. The van der Waals surface area contributed by atoms with Gasteiger partial charge in [0.1, 0.15) is 0 Å². The number of carbonyl (C=O) groups excluding carboxylic acids is 1. The minimum absolute atomic E-state index is 0.0326. The number of carbonyl (C=O) groups is 1. The van der Waals surface area contributed by atoms with Crippen LogP contribution in [0.5, 0.6) is 0 Å². The van der Waals surface area contributed by atoms with Gasteiger partial charge < -0.3 is 15.4 Å². The third-order valence-electron chi connectivity index (χ3n) is 3.50. The molecule has 2 N–H and O–H groups in total. The smallest absolute Gasteiger partial charge is 0.254 e. The molecule has 124 valence electrons. The summed E-state index contributed by atoms with van der Waals surface area (Å²) >= 11 is 0. The van der Waals surface area contributed by atoms with Crippen LogP contribution in [0.2, 0.25) is 0 Å². The quantitative estimate of drug-likeness (QED) is 0.509. The summed E-state index contributed by atoms with van der Waals surface area (Å²) in [4.78, 5) is 14.1. The van der Waals surface area contributed by atoms with Crippen molar-refractivity contribution in [3.8, 4) is 0 Å². The molecule has 4 nitrogen and oxygen atoms in total. The first-order valence-electron chi connectivity index (χ1n) is 7.76. The zero-order chi connectivity index (χ0) is 17.4. The number of nitrogens with zero attached hydrogens (tertiary/aromatic N) is 1. The lowest BCUT2D eigenvalue weighted by atomic mass is 10.1. The third-order valence-corrected chi connectivity index (χ3v) is 3.50. The van der Waals surface area contributed by atoms with Gasteiger partial charge in [-0.25, -0.2) is 0 Å². The molecule has 0 fully saturated rings. The fourth-order valence-electron chi connectivity index (χ4n) is 2.23. The first kappa shape index (κ1) is 18.6. The van der Waals surface area contributed by atoms with E-state index in [0.29, 0.717) is 18.8 Å². The van der Waals surface area contributed by atoms with Gasteiger partial charge in [0.25, 0.3) is 5.91 Å². The molecule has 0 spiro atoms. The number of hydrogen-bond donors (Lipinski definition) is 1. The highest BCUT2D eigenvalue weighted by atomic mass is 16.5. The van der Waals surface area contributed by atoms with Crippen LogP contribution in [0, 0.1) is 0 Å². The lowest BCUT2D eigenvalue weighted by molar-refractivity contribution is 0.0793. The van der Waals surface area contributed by atoms with Crippen LogP contribution in [0.3, 0.4) is 0 Å². The van der Waals surface area contributed by atoms with Crippen molar-refractivity contribution in [2.45, 2.75) is 27.3 Å². The molecular formula is C19H26N2O2. The standard InChI is InChI=1S/C17H20N2O2.C2H6/c1-4-13(6-5-12(2)21-3)10-19-11-14-9-15(18)7-8-16(14)17(19)20;1-2/h4-9H,1,10-11,18H2,2-3H3;1-2H3/b12-5+,13-6+;. The van der Waals surface area contributed by atoms with Gasteiger partial charge in [0.05, 0.1) is 12.9 Å². The van der Waals surface area contributed by atoms with Crippen molar-refractivity contribution >= 4 is 11.6 Å². The van der Waals surface area contributed by atoms with Crippen LogP contribution in [-0.4, -0.2) is 24.5 Å². The van der Waals surface area contributed by atoms with Gasteiger partial charge in [-0.1, -0.05) is 32.6 Å². The number of anilines is 1. The maximum absolute atomic E-state index is 12.3. The van der Waals surface area contributed by atoms with Gasteiger partial charge in [-0.2, -0.15) is 0 Å². The van der Waals surface area contributed by atoms with Gasteiger partial charge in [0.15, 0.2) is 0 Å². The fraction of sp³-hybridized carbons (Fsp3) is 0.316. The second kappa shape index (κ2) is 8.83. The maximum atomic E-state index is 12.3. The van der Waals surface area contributed by atoms with Gasteiger partial charge in [0, 0.05) is 24.3 Å². The van der Waals surface area contributed by atoms with Crippen molar-refractivity contribution in [2.75, 3.05) is 19.4 Å². The highest BCUT2D eigenvalue weighted by Crippen LogP contribution is 2.25. The molecule has 23 heavy (non-hydrogen) atoms. The molecule has 0 atom stereocenters. The SMILES string of the molecule is C=C/C(=C\C=C(/C)OC)CN1Cc2cc(N)ccc2C1=O.CC. The zero-order valence-corrected chi connectivity index (χ0v) is 14.4. The molecule has 0 aromatic heterocycles. The summed E-state index contributed by atoms with van der Waals surface area (Å²) in [5.41, 5.74) is 9.12. The summed E-state index contributed by atoms with van der Waals surface area (Å²) in [6.07, 6.45) is 5.53. The van der Waals surface area contributed by atoms with Crippen LogP contribution >= 0.6 is 0 Å². The third kappa shape index (κ3) is 4.74. The Morgan fingerprint density at radius 2 is 2.09 bits per heavy atom. The Hall–Kier alpha value is -2.49. The average molecular weight is 314 g/mol. The van der Waals surface area contributed by atoms with E-state index >= 15 is 0 Å². The zero-order valence-electron chi connectivity index (χ0n) is 14.4. The molecule has 4 heteroatoms. The number of hydrogen-bond acceptors (Lipinski definition) is 3. The number of nitrogen functional groups attached to an aromatic ring is 1. The van der Waals surface area contributed by atoms with Crippen LogP contribution in [0.25, 0.3) is 0 Å². The molecule has 1 heterocycles. The maximum Gasteiger partial charge on any atom is 0.254 e. The molecule has 0 unspecified atom stereocenters. The predicted molar refractivity (Wildman–Crippen MR) is 96.0 cm³/mol. The molecular weight excluding hydrogens is 288 g/mol. The molecule has 1 aromatic rings. The molecule has 0 radical (unpaired) electrons. The van der Waals surface area contributed by atoms with E-state index in [2.05, 4.69) is 6.58 Å². The number of fused-ring (bicyclic) bond motifs is 1. The van der Waals surface area contributed by atoms with E-state index in [0.717, 1.165) is 22.5 Å². The van der Waals surface area contributed by atoms with E-state index < -0.39 is 0 Å². The lowest BCUT2D eigenvalue weighted by Gasteiger charge is -2.16. The Labute approximate surface area is 138 Å². The summed E-state index contributed by atoms with van der Waals surface area (Å²) in [6.45, 7) is 10.8. The minimum atomic E-state index is 0.0326. The molecule has 0 bridgehead atoms. The van der Waals surface area contributed by atoms with Crippen molar-refractivity contribution in [2.24, 2.45) is 0 Å². The Balaban J connectivity index is 0.00000127. The van der Waals surface area contributed by atoms with Crippen molar-refractivity contribution in [1.29, 1.82) is 0 Å². The van der Waals surface area contributed by atoms with Gasteiger partial charge >= 0.3 is 0 Å². The average Bonchev–Trinajstić information content (AvgIpc) is 2.87. The number of ether oxygens (including phenoxy) is 1. The molecule has 1 aliphatic rings. The van der Waals surface area contributed by atoms with Crippen LogP contribution in [-0.2, 0) is 11.3 Å². The van der Waals surface area contributed by atoms with Crippen LogP contribution in [0.4, 0.5) is 5.69 Å². The van der Waals surface area contributed by atoms with E-state index in [4.69, 9.17) is 10.5 Å². The molecule has 2 rings (SSSR count). The minimum Gasteiger partial charge on any atom is -0.501 e. The lowest BCUT2D eigenvalue weighted by Crippen LogP contribution is -2.25. The van der Waals surface area contributed by atoms with Gasteiger partial charge in [-0.3, -0.25) is 4.79 Å². The van der Waals surface area contributed by atoms with Crippen LogP contribution < -0.4 is 5.73 Å². The van der Waals surface area contributed by atoms with Gasteiger partial charge in [0.2, 0.25) is 0 Å². The monoisotopic (exact) mass is 314 g/mol. The number of allylic oxidation sites excluding steroid dienone is 3. The van der Waals surface area contributed by atoms with E-state index in [1.165, 1.54) is 0 Å². The molecule has 0 aliphatic carbocycles. The number of benzene rings is 1. The predicted octanol–water partition coefficient (Wildman–Crippen LogP) is 3.91. The van der Waals surface area contributed by atoms with E-state index in [-0.39, 0.29) is 5.91 Å². The van der Waals surface area contributed by atoms with Gasteiger partial charge in [-0.15, -0.1) is 0 Å². The van der Waals surface area contributed by atoms with E-state index in [9.17, 15) is 4.79 Å². The topological polar surface area (TPSA) is 55.6 Å². The summed E-state index contributed by atoms with van der Waals surface area (Å²) in [5.74, 6) is 0.836. The molecule has 1 aliphatic heterocycles. The molecule has 0 saturated heterocycles. The fourth-order valence-corrected chi connectivity index (χ4v) is 2.23. The number of rotatable bonds is 5. The van der Waals surface area contributed by atoms with E-state index in [1.807, 2.05) is 39.0 Å². The highest BCUT2D eigenvalue weighted by Gasteiger charge is 2.27. The molecule has 0 saturated carbocycles. The largest absolute Gasteiger partial charge is 0.501 e. The molecule has 1 aromatic carbocycles. The summed E-state index contributed by atoms with van der Waals surface area (Å²) in [6, 6.07) is 5.41. The highest BCUT2D eigenvalue weighted by molar-refractivity contribution is 5.98. The first-order chi connectivity index (χ1) is 11.0. The van der Waals surface area contributed by atoms with Gasteiger partial charge in [-0.05, 0) is 42.3 Å². The van der Waals surface area contributed by atoms with Crippen LogP contribution in [0.1, 0.15) is 36.7 Å². The number of methoxy groups -OCH3 is 1. The first-order valence-corrected chi connectivity index (χ1v) is 7.76. The Bertz CT molecular complexity index is 630. The van der Waals surface area contributed by atoms with Crippen LogP contribution in [0.15, 0.2) is 54.3 Å². The summed E-state index contributed by atoms with van der Waals surface area (Å²) in [5, 5.41) is 0. The van der Waals surface area contributed by atoms with Crippen molar-refractivity contribution in [3.05, 3.63) is 65.5 Å². The number of nitrogens with two attached hydrogens (primary N) is 1. The Kier molecular flexibility index (Phi) is 7.13. The second-order valence-electron chi connectivity index (χ2n) is 5.00. The molecule has 1 amide bonds. The van der Waals surface area contributed by atoms with Crippen molar-refractivity contribution in [3.63, 3.8) is 0 Å². The Morgan fingerprint density at radius 1 is 1.39 bits per heavy atom.